The van der Waals surface area contributed by atoms with Crippen molar-refractivity contribution in [1.29, 1.82) is 0 Å². The molecule has 0 bridgehead atoms. The minimum Gasteiger partial charge on any atom is -0.493 e. The van der Waals surface area contributed by atoms with Gasteiger partial charge in [-0.1, -0.05) is 23.5 Å². The summed E-state index contributed by atoms with van der Waals surface area (Å²) in [7, 11) is 2.88. The van der Waals surface area contributed by atoms with Gasteiger partial charge in [-0.05, 0) is 56.0 Å². The molecule has 0 radical (unpaired) electrons. The van der Waals surface area contributed by atoms with Crippen LogP contribution in [0.15, 0.2) is 56.8 Å². The van der Waals surface area contributed by atoms with Crippen LogP contribution in [0.25, 0.3) is 6.08 Å². The van der Waals surface area contributed by atoms with Gasteiger partial charge in [0.1, 0.15) is 0 Å². The van der Waals surface area contributed by atoms with E-state index in [2.05, 4.69) is 4.99 Å². The highest BCUT2D eigenvalue weighted by atomic mass is 32.1. The zero-order valence-corrected chi connectivity index (χ0v) is 20.6. The average molecular weight is 485 g/mol. The number of allylic oxidation sites excluding steroid dienone is 1. The second-order valence-corrected chi connectivity index (χ2v) is 9.65. The number of fused-ring (bicyclic) bond motifs is 1. The molecule has 4 rings (SSSR count). The molecule has 0 amide bonds. The summed E-state index contributed by atoms with van der Waals surface area (Å²) in [5.41, 5.74) is 1.30. The first-order valence-electron chi connectivity index (χ1n) is 10.3. The summed E-state index contributed by atoms with van der Waals surface area (Å²) in [6.07, 6.45) is 1.82. The van der Waals surface area contributed by atoms with Crippen LogP contribution in [-0.4, -0.2) is 30.9 Å². The number of methoxy groups -OCH3 is 2. The van der Waals surface area contributed by atoms with Crippen molar-refractivity contribution in [1.82, 2.24) is 4.57 Å². The maximum atomic E-state index is 13.5. The van der Waals surface area contributed by atoms with Crippen LogP contribution < -0.4 is 24.4 Å². The molecule has 2 aromatic heterocycles. The quantitative estimate of drug-likeness (QED) is 0.502. The van der Waals surface area contributed by atoms with Gasteiger partial charge in [-0.15, -0.1) is 11.3 Å². The lowest BCUT2D eigenvalue weighted by Gasteiger charge is -2.25. The second kappa shape index (κ2) is 9.36. The number of ether oxygens (including phenoxy) is 3. The maximum absolute atomic E-state index is 13.5. The van der Waals surface area contributed by atoms with Gasteiger partial charge in [0.25, 0.3) is 5.56 Å². The molecule has 7 nitrogen and oxygen atoms in total. The first kappa shape index (κ1) is 23.0. The average Bonchev–Trinajstić information content (AvgIpc) is 3.40. The number of benzene rings is 1. The van der Waals surface area contributed by atoms with Crippen LogP contribution in [0.5, 0.6) is 11.5 Å². The van der Waals surface area contributed by atoms with Crippen LogP contribution in [0.1, 0.15) is 37.3 Å². The molecule has 172 valence electrons. The van der Waals surface area contributed by atoms with Crippen LogP contribution in [0.4, 0.5) is 0 Å². The first-order valence-corrected chi connectivity index (χ1v) is 12.0. The summed E-state index contributed by atoms with van der Waals surface area (Å²) >= 11 is 2.85. The van der Waals surface area contributed by atoms with Gasteiger partial charge in [0.05, 0.1) is 42.2 Å². The van der Waals surface area contributed by atoms with E-state index in [4.69, 9.17) is 14.2 Å². The lowest BCUT2D eigenvalue weighted by Crippen LogP contribution is -2.39. The zero-order chi connectivity index (χ0) is 23.7. The lowest BCUT2D eigenvalue weighted by molar-refractivity contribution is -0.136. The van der Waals surface area contributed by atoms with E-state index in [1.165, 1.54) is 18.4 Å². The zero-order valence-electron chi connectivity index (χ0n) is 18.9. The molecule has 3 heterocycles. The van der Waals surface area contributed by atoms with Gasteiger partial charge in [0.15, 0.2) is 16.3 Å². The Balaban J connectivity index is 1.95. The van der Waals surface area contributed by atoms with E-state index in [1.807, 2.05) is 43.5 Å². The summed E-state index contributed by atoms with van der Waals surface area (Å²) in [4.78, 5) is 32.4. The molecular formula is C24H24N2O5S2. The topological polar surface area (TPSA) is 79.1 Å². The molecule has 0 fully saturated rings. The SMILES string of the molecule is COC(=O)C1=C(C)N=c2s/c(=C\c3cccs3)c(=O)n2C1c1ccc(OC(C)C)c(OC)c1. The molecule has 0 aliphatic carbocycles. The van der Waals surface area contributed by atoms with Crippen molar-refractivity contribution in [3.05, 3.63) is 77.1 Å². The third-order valence-electron chi connectivity index (χ3n) is 5.11. The molecule has 0 N–H and O–H groups in total. The molecule has 9 heteroatoms. The molecule has 0 saturated heterocycles. The Labute approximate surface area is 198 Å². The van der Waals surface area contributed by atoms with Crippen LogP contribution in [0.3, 0.4) is 0 Å². The molecular weight excluding hydrogens is 460 g/mol. The molecule has 1 atom stereocenters. The third-order valence-corrected chi connectivity index (χ3v) is 6.91. The van der Waals surface area contributed by atoms with E-state index in [0.717, 1.165) is 4.88 Å². The number of hydrogen-bond donors (Lipinski definition) is 0. The summed E-state index contributed by atoms with van der Waals surface area (Å²) in [6.45, 7) is 5.61. The Hall–Kier alpha value is -3.17. The fourth-order valence-electron chi connectivity index (χ4n) is 3.72. The number of carbonyl (C=O) groups excluding carboxylic acids is 1. The molecule has 1 aliphatic rings. The Morgan fingerprint density at radius 2 is 2.00 bits per heavy atom. The van der Waals surface area contributed by atoms with Crippen molar-refractivity contribution in [3.63, 3.8) is 0 Å². The smallest absolute Gasteiger partial charge is 0.338 e. The molecule has 0 spiro atoms. The molecule has 0 saturated carbocycles. The van der Waals surface area contributed by atoms with E-state index < -0.39 is 12.0 Å². The van der Waals surface area contributed by atoms with Crippen LogP contribution >= 0.6 is 22.7 Å². The molecule has 1 unspecified atom stereocenters. The normalized spacial score (nSPS) is 15.9. The first-order chi connectivity index (χ1) is 15.8. The van der Waals surface area contributed by atoms with Crippen molar-refractivity contribution in [3.8, 4) is 11.5 Å². The van der Waals surface area contributed by atoms with Gasteiger partial charge in [0.2, 0.25) is 0 Å². The van der Waals surface area contributed by atoms with Gasteiger partial charge in [-0.2, -0.15) is 0 Å². The lowest BCUT2D eigenvalue weighted by atomic mass is 9.95. The maximum Gasteiger partial charge on any atom is 0.338 e. The Kier molecular flexibility index (Phi) is 6.53. The number of carbonyl (C=O) groups is 1. The number of thiophene rings is 1. The summed E-state index contributed by atoms with van der Waals surface area (Å²) in [6, 6.07) is 8.59. The fourth-order valence-corrected chi connectivity index (χ4v) is 5.49. The van der Waals surface area contributed by atoms with Gasteiger partial charge in [-0.25, -0.2) is 9.79 Å². The van der Waals surface area contributed by atoms with Crippen molar-refractivity contribution in [2.75, 3.05) is 14.2 Å². The standard InChI is InChI=1S/C24H24N2O5S2/c1-13(2)31-17-9-8-15(11-18(17)29-4)21-20(23(28)30-5)14(3)25-24-26(21)22(27)19(33-24)12-16-7-6-10-32-16/h6-13,21H,1-5H3/b19-12-. The minimum absolute atomic E-state index is 0.0348. The van der Waals surface area contributed by atoms with Gasteiger partial charge in [0, 0.05) is 4.88 Å². The fraction of sp³-hybridized carbons (Fsp3) is 0.292. The third kappa shape index (κ3) is 4.38. The summed E-state index contributed by atoms with van der Waals surface area (Å²) in [5, 5.41) is 1.96. The Morgan fingerprint density at radius 3 is 2.64 bits per heavy atom. The van der Waals surface area contributed by atoms with Crippen molar-refractivity contribution < 1.29 is 19.0 Å². The highest BCUT2D eigenvalue weighted by Crippen LogP contribution is 2.36. The minimum atomic E-state index is -0.707. The predicted molar refractivity (Wildman–Crippen MR) is 129 cm³/mol. The highest BCUT2D eigenvalue weighted by Gasteiger charge is 2.33. The number of nitrogens with zero attached hydrogens (tertiary/aromatic N) is 2. The van der Waals surface area contributed by atoms with Crippen LogP contribution in [-0.2, 0) is 9.53 Å². The monoisotopic (exact) mass is 484 g/mol. The molecule has 33 heavy (non-hydrogen) atoms. The van der Waals surface area contributed by atoms with Crippen molar-refractivity contribution in [2.45, 2.75) is 32.9 Å². The number of esters is 1. The van der Waals surface area contributed by atoms with Gasteiger partial charge in [-0.3, -0.25) is 9.36 Å². The molecule has 3 aromatic rings. The number of thiazole rings is 1. The number of rotatable bonds is 6. The highest BCUT2D eigenvalue weighted by molar-refractivity contribution is 7.11. The van der Waals surface area contributed by atoms with E-state index in [-0.39, 0.29) is 11.7 Å². The predicted octanol–water partition coefficient (Wildman–Crippen LogP) is 3.27. The Bertz CT molecular complexity index is 1400. The van der Waals surface area contributed by atoms with E-state index in [0.29, 0.717) is 37.7 Å². The van der Waals surface area contributed by atoms with Crippen molar-refractivity contribution in [2.24, 2.45) is 4.99 Å². The van der Waals surface area contributed by atoms with Gasteiger partial charge >= 0.3 is 5.97 Å². The largest absolute Gasteiger partial charge is 0.493 e. The van der Waals surface area contributed by atoms with E-state index in [1.54, 1.807) is 42.1 Å². The number of aromatic nitrogens is 1. The molecule has 1 aliphatic heterocycles. The second-order valence-electron chi connectivity index (χ2n) is 7.67. The van der Waals surface area contributed by atoms with E-state index >= 15 is 0 Å². The molecule has 1 aromatic carbocycles. The Morgan fingerprint density at radius 1 is 1.21 bits per heavy atom. The van der Waals surface area contributed by atoms with E-state index in [9.17, 15) is 9.59 Å². The summed E-state index contributed by atoms with van der Waals surface area (Å²) in [5.74, 6) is 0.567. The number of hydrogen-bond acceptors (Lipinski definition) is 8. The van der Waals surface area contributed by atoms with Crippen molar-refractivity contribution >= 4 is 34.7 Å². The van der Waals surface area contributed by atoms with Crippen LogP contribution in [0.2, 0.25) is 0 Å². The van der Waals surface area contributed by atoms with Crippen LogP contribution in [0, 0.1) is 0 Å². The van der Waals surface area contributed by atoms with Gasteiger partial charge < -0.3 is 14.2 Å². The summed E-state index contributed by atoms with van der Waals surface area (Å²) < 4.78 is 18.5.